The van der Waals surface area contributed by atoms with Crippen molar-refractivity contribution in [2.24, 2.45) is 0 Å². The number of benzene rings is 1. The molecule has 0 fully saturated rings. The topological polar surface area (TPSA) is 89.8 Å². The van der Waals surface area contributed by atoms with Gasteiger partial charge in [-0.1, -0.05) is 0 Å². The molecule has 0 bridgehead atoms. The lowest BCUT2D eigenvalue weighted by molar-refractivity contribution is -0.386. The highest BCUT2D eigenvalue weighted by Gasteiger charge is 2.25. The minimum Gasteiger partial charge on any atom is -0.380 e. The SMILES string of the molecule is COCc1cc(C)c(S(=O)(=O)N(C)C)cc1[N+](=O)[O-]. The molecule has 0 aromatic heterocycles. The van der Waals surface area contributed by atoms with Crippen LogP contribution in [0.2, 0.25) is 0 Å². The van der Waals surface area contributed by atoms with Crippen LogP contribution in [-0.4, -0.2) is 38.9 Å². The first kappa shape index (κ1) is 15.5. The number of methoxy groups -OCH3 is 1. The number of hydrogen-bond acceptors (Lipinski definition) is 5. The van der Waals surface area contributed by atoms with Crippen molar-refractivity contribution in [3.8, 4) is 0 Å². The predicted molar refractivity (Wildman–Crippen MR) is 69.4 cm³/mol. The van der Waals surface area contributed by atoms with Gasteiger partial charge in [-0.25, -0.2) is 12.7 Å². The van der Waals surface area contributed by atoms with Crippen molar-refractivity contribution in [2.45, 2.75) is 18.4 Å². The van der Waals surface area contributed by atoms with E-state index in [9.17, 15) is 18.5 Å². The van der Waals surface area contributed by atoms with Crippen LogP contribution in [0.4, 0.5) is 5.69 Å². The third-order valence-corrected chi connectivity index (χ3v) is 4.59. The summed E-state index contributed by atoms with van der Waals surface area (Å²) in [5.74, 6) is 0. The highest BCUT2D eigenvalue weighted by molar-refractivity contribution is 7.89. The van der Waals surface area contributed by atoms with E-state index in [2.05, 4.69) is 0 Å². The maximum absolute atomic E-state index is 12.1. The van der Waals surface area contributed by atoms with E-state index < -0.39 is 14.9 Å². The molecule has 7 nitrogen and oxygen atoms in total. The minimum absolute atomic E-state index is 0.0550. The molecule has 0 amide bonds. The van der Waals surface area contributed by atoms with Crippen LogP contribution in [0.15, 0.2) is 17.0 Å². The molecule has 0 aliphatic carbocycles. The molecule has 1 aromatic carbocycles. The quantitative estimate of drug-likeness (QED) is 0.601. The number of nitro groups is 1. The van der Waals surface area contributed by atoms with Crippen LogP contribution in [0, 0.1) is 17.0 Å². The smallest absolute Gasteiger partial charge is 0.276 e. The van der Waals surface area contributed by atoms with Crippen molar-refractivity contribution in [2.75, 3.05) is 21.2 Å². The summed E-state index contributed by atoms with van der Waals surface area (Å²) in [6.45, 7) is 1.65. The third-order valence-electron chi connectivity index (χ3n) is 2.63. The Labute approximate surface area is 112 Å². The fraction of sp³-hybridized carbons (Fsp3) is 0.455. The Morgan fingerprint density at radius 1 is 1.37 bits per heavy atom. The van der Waals surface area contributed by atoms with Gasteiger partial charge in [-0.05, 0) is 18.6 Å². The van der Waals surface area contributed by atoms with Crippen LogP contribution >= 0.6 is 0 Å². The van der Waals surface area contributed by atoms with Crippen molar-refractivity contribution in [3.63, 3.8) is 0 Å². The first-order valence-corrected chi connectivity index (χ1v) is 6.85. The number of ether oxygens (including phenoxy) is 1. The molecule has 106 valence electrons. The highest BCUT2D eigenvalue weighted by atomic mass is 32.2. The van der Waals surface area contributed by atoms with Crippen molar-refractivity contribution >= 4 is 15.7 Å². The van der Waals surface area contributed by atoms with Gasteiger partial charge < -0.3 is 4.74 Å². The van der Waals surface area contributed by atoms with Crippen molar-refractivity contribution in [1.29, 1.82) is 0 Å². The van der Waals surface area contributed by atoms with Gasteiger partial charge in [0.25, 0.3) is 5.69 Å². The summed E-state index contributed by atoms with van der Waals surface area (Å²) in [4.78, 5) is 10.3. The largest absolute Gasteiger partial charge is 0.380 e. The summed E-state index contributed by atoms with van der Waals surface area (Å²) in [6, 6.07) is 2.55. The van der Waals surface area contributed by atoms with Crippen LogP contribution in [0.25, 0.3) is 0 Å². The van der Waals surface area contributed by atoms with E-state index in [0.29, 0.717) is 11.1 Å². The third kappa shape index (κ3) is 3.09. The Bertz CT molecular complexity index is 595. The van der Waals surface area contributed by atoms with Gasteiger partial charge in [0, 0.05) is 27.3 Å². The molecule has 0 aliphatic rings. The zero-order valence-electron chi connectivity index (χ0n) is 11.2. The second kappa shape index (κ2) is 5.64. The molecule has 0 N–H and O–H groups in total. The van der Waals surface area contributed by atoms with Crippen LogP contribution in [-0.2, 0) is 21.4 Å². The Balaban J connectivity index is 3.54. The molecule has 0 heterocycles. The summed E-state index contributed by atoms with van der Waals surface area (Å²) < 4.78 is 30.0. The van der Waals surface area contributed by atoms with Gasteiger partial charge in [0.1, 0.15) is 0 Å². The molecule has 1 aromatic rings. The normalized spacial score (nSPS) is 11.8. The Kier molecular flexibility index (Phi) is 4.61. The van der Waals surface area contributed by atoms with Gasteiger partial charge in [0.2, 0.25) is 10.0 Å². The molecule has 19 heavy (non-hydrogen) atoms. The molecule has 0 unspecified atom stereocenters. The fourth-order valence-electron chi connectivity index (χ4n) is 1.65. The summed E-state index contributed by atoms with van der Waals surface area (Å²) in [5, 5.41) is 11.0. The first-order chi connectivity index (χ1) is 8.71. The maximum Gasteiger partial charge on any atom is 0.276 e. The van der Waals surface area contributed by atoms with Crippen LogP contribution < -0.4 is 0 Å². The standard InChI is InChI=1S/C11H16N2O5S/c1-8-5-9(7-18-4)10(13(14)15)6-11(8)19(16,17)12(2)3/h5-6H,7H2,1-4H3. The summed E-state index contributed by atoms with van der Waals surface area (Å²) >= 11 is 0. The molecule has 0 spiro atoms. The van der Waals surface area contributed by atoms with E-state index >= 15 is 0 Å². The summed E-state index contributed by atoms with van der Waals surface area (Å²) in [5.41, 5.74) is 0.543. The molecule has 8 heteroatoms. The number of nitrogens with zero attached hydrogens (tertiary/aromatic N) is 2. The maximum atomic E-state index is 12.1. The van der Waals surface area contributed by atoms with Gasteiger partial charge in [0.05, 0.1) is 22.0 Å². The van der Waals surface area contributed by atoms with Crippen molar-refractivity contribution < 1.29 is 18.1 Å². The van der Waals surface area contributed by atoms with E-state index in [1.54, 1.807) is 6.92 Å². The van der Waals surface area contributed by atoms with Crippen LogP contribution in [0.5, 0.6) is 0 Å². The minimum atomic E-state index is -3.71. The number of nitro benzene ring substituents is 1. The Morgan fingerprint density at radius 3 is 2.37 bits per heavy atom. The van der Waals surface area contributed by atoms with Gasteiger partial charge in [-0.3, -0.25) is 10.1 Å². The Morgan fingerprint density at radius 2 is 1.95 bits per heavy atom. The number of hydrogen-bond donors (Lipinski definition) is 0. The number of rotatable bonds is 5. The predicted octanol–water partition coefficient (Wildman–Crippen LogP) is 1.30. The monoisotopic (exact) mass is 288 g/mol. The lowest BCUT2D eigenvalue weighted by Crippen LogP contribution is -2.23. The van der Waals surface area contributed by atoms with Gasteiger partial charge in [-0.2, -0.15) is 0 Å². The molecule has 0 radical (unpaired) electrons. The van der Waals surface area contributed by atoms with E-state index in [4.69, 9.17) is 4.74 Å². The average Bonchev–Trinajstić information content (AvgIpc) is 2.28. The Hall–Kier alpha value is -1.51. The van der Waals surface area contributed by atoms with Crippen molar-refractivity contribution in [1.82, 2.24) is 4.31 Å². The first-order valence-electron chi connectivity index (χ1n) is 5.41. The summed E-state index contributed by atoms with van der Waals surface area (Å²) in [6.07, 6.45) is 0. The van der Waals surface area contributed by atoms with Gasteiger partial charge in [0.15, 0.2) is 0 Å². The van der Waals surface area contributed by atoms with E-state index in [1.165, 1.54) is 27.3 Å². The number of sulfonamides is 1. The second-order valence-electron chi connectivity index (χ2n) is 4.22. The fourth-order valence-corrected chi connectivity index (χ4v) is 2.77. The average molecular weight is 288 g/mol. The second-order valence-corrected chi connectivity index (χ2v) is 6.34. The van der Waals surface area contributed by atoms with Gasteiger partial charge in [-0.15, -0.1) is 0 Å². The van der Waals surface area contributed by atoms with Crippen LogP contribution in [0.3, 0.4) is 0 Å². The highest BCUT2D eigenvalue weighted by Crippen LogP contribution is 2.28. The lowest BCUT2D eigenvalue weighted by atomic mass is 10.1. The summed E-state index contributed by atoms with van der Waals surface area (Å²) in [7, 11) is 0.470. The molecular formula is C11H16N2O5S. The van der Waals surface area contributed by atoms with Crippen LogP contribution in [0.1, 0.15) is 11.1 Å². The van der Waals surface area contributed by atoms with E-state index in [1.807, 2.05) is 0 Å². The zero-order valence-corrected chi connectivity index (χ0v) is 12.0. The molecule has 0 aliphatic heterocycles. The number of aryl methyl sites for hydroxylation is 1. The van der Waals surface area contributed by atoms with Gasteiger partial charge >= 0.3 is 0 Å². The van der Waals surface area contributed by atoms with E-state index in [0.717, 1.165) is 10.4 Å². The zero-order chi connectivity index (χ0) is 14.8. The van der Waals surface area contributed by atoms with E-state index in [-0.39, 0.29) is 17.2 Å². The molecular weight excluding hydrogens is 272 g/mol. The molecule has 0 saturated carbocycles. The van der Waals surface area contributed by atoms with Crippen molar-refractivity contribution in [3.05, 3.63) is 33.4 Å². The molecule has 0 saturated heterocycles. The molecule has 1 rings (SSSR count). The lowest BCUT2D eigenvalue weighted by Gasteiger charge is -2.14. The molecule has 0 atom stereocenters.